The number of unbranched alkanes of at least 4 members (excludes halogenated alkanes) is 2. The van der Waals surface area contributed by atoms with E-state index in [0.29, 0.717) is 12.2 Å². The number of ether oxygens (including phenoxy) is 1. The minimum Gasteiger partial charge on any atom is -0.480 e. The van der Waals surface area contributed by atoms with Gasteiger partial charge in [0.05, 0.1) is 6.61 Å². The van der Waals surface area contributed by atoms with E-state index in [0.717, 1.165) is 19.3 Å². The van der Waals surface area contributed by atoms with E-state index in [1.54, 1.807) is 24.3 Å². The number of rotatable bonds is 8. The number of hydrogen-bond acceptors (Lipinski definition) is 3. The number of aliphatic carboxylic acids is 1. The molecule has 0 spiro atoms. The lowest BCUT2D eigenvalue weighted by atomic mass is 9.92. The van der Waals surface area contributed by atoms with E-state index >= 15 is 0 Å². The number of carboxylic acid groups (broad SMARTS) is 1. The van der Waals surface area contributed by atoms with E-state index in [1.165, 1.54) is 0 Å². The van der Waals surface area contributed by atoms with Gasteiger partial charge in [0.15, 0.2) is 5.54 Å². The molecule has 0 saturated carbocycles. The smallest absolute Gasteiger partial charge is 0.330 e. The largest absolute Gasteiger partial charge is 0.480 e. The fourth-order valence-corrected chi connectivity index (χ4v) is 1.69. The molecule has 18 heavy (non-hydrogen) atoms. The zero-order valence-corrected chi connectivity index (χ0v) is 10.8. The fourth-order valence-electron chi connectivity index (χ4n) is 1.69. The van der Waals surface area contributed by atoms with Crippen molar-refractivity contribution in [3.8, 4) is 0 Å². The SMILES string of the molecule is CCCCCOCC(N)(C(=O)O)c1ccccc1. The van der Waals surface area contributed by atoms with Crippen molar-refractivity contribution in [3.05, 3.63) is 35.9 Å². The Morgan fingerprint density at radius 2 is 2.00 bits per heavy atom. The van der Waals surface area contributed by atoms with E-state index in [1.807, 2.05) is 6.07 Å². The van der Waals surface area contributed by atoms with E-state index in [2.05, 4.69) is 6.92 Å². The molecule has 3 N–H and O–H groups in total. The summed E-state index contributed by atoms with van der Waals surface area (Å²) in [6.45, 7) is 2.65. The molecule has 0 fully saturated rings. The van der Waals surface area contributed by atoms with Crippen LogP contribution in [0, 0.1) is 0 Å². The highest BCUT2D eigenvalue weighted by molar-refractivity contribution is 5.80. The second-order valence-corrected chi connectivity index (χ2v) is 4.40. The van der Waals surface area contributed by atoms with Gasteiger partial charge in [0.1, 0.15) is 0 Å². The van der Waals surface area contributed by atoms with Crippen LogP contribution in [0.4, 0.5) is 0 Å². The Morgan fingerprint density at radius 1 is 1.33 bits per heavy atom. The quantitative estimate of drug-likeness (QED) is 0.694. The van der Waals surface area contributed by atoms with Gasteiger partial charge in [-0.25, -0.2) is 4.79 Å². The molecule has 0 bridgehead atoms. The predicted octanol–water partition coefficient (Wildman–Crippen LogP) is 2.13. The Bertz CT molecular complexity index is 367. The Kier molecular flexibility index (Phi) is 5.82. The second-order valence-electron chi connectivity index (χ2n) is 4.40. The first-order valence-electron chi connectivity index (χ1n) is 6.27. The maximum atomic E-state index is 11.3. The van der Waals surface area contributed by atoms with Crippen molar-refractivity contribution in [1.82, 2.24) is 0 Å². The fraction of sp³-hybridized carbons (Fsp3) is 0.500. The van der Waals surface area contributed by atoms with Crippen LogP contribution < -0.4 is 5.73 Å². The maximum Gasteiger partial charge on any atom is 0.330 e. The summed E-state index contributed by atoms with van der Waals surface area (Å²) in [7, 11) is 0. The topological polar surface area (TPSA) is 72.5 Å². The third kappa shape index (κ3) is 3.82. The monoisotopic (exact) mass is 251 g/mol. The van der Waals surface area contributed by atoms with Gasteiger partial charge in [-0.05, 0) is 12.0 Å². The summed E-state index contributed by atoms with van der Waals surface area (Å²) in [6, 6.07) is 8.80. The van der Waals surface area contributed by atoms with Crippen molar-refractivity contribution >= 4 is 5.97 Å². The van der Waals surface area contributed by atoms with Crippen LogP contribution in [0.1, 0.15) is 31.7 Å². The molecule has 4 heteroatoms. The predicted molar refractivity (Wildman–Crippen MR) is 70.3 cm³/mol. The van der Waals surface area contributed by atoms with Crippen molar-refractivity contribution in [3.63, 3.8) is 0 Å². The number of carboxylic acids is 1. The average Bonchev–Trinajstić information content (AvgIpc) is 2.39. The van der Waals surface area contributed by atoms with E-state index < -0.39 is 11.5 Å². The van der Waals surface area contributed by atoms with Gasteiger partial charge in [-0.2, -0.15) is 0 Å². The number of hydrogen-bond donors (Lipinski definition) is 2. The van der Waals surface area contributed by atoms with Crippen LogP contribution in [0.2, 0.25) is 0 Å². The van der Waals surface area contributed by atoms with Gasteiger partial charge < -0.3 is 15.6 Å². The molecule has 1 unspecified atom stereocenters. The van der Waals surface area contributed by atoms with Crippen molar-refractivity contribution in [2.75, 3.05) is 13.2 Å². The molecule has 0 aliphatic heterocycles. The van der Waals surface area contributed by atoms with E-state index in [9.17, 15) is 9.90 Å². The highest BCUT2D eigenvalue weighted by Gasteiger charge is 2.36. The molecule has 1 atom stereocenters. The summed E-state index contributed by atoms with van der Waals surface area (Å²) in [5.41, 5.74) is 5.05. The van der Waals surface area contributed by atoms with E-state index in [4.69, 9.17) is 10.5 Å². The van der Waals surface area contributed by atoms with Crippen LogP contribution in [0.3, 0.4) is 0 Å². The first-order chi connectivity index (χ1) is 8.61. The number of benzene rings is 1. The molecule has 0 aromatic heterocycles. The van der Waals surface area contributed by atoms with Crippen molar-refractivity contribution in [1.29, 1.82) is 0 Å². The zero-order chi connectivity index (χ0) is 13.4. The summed E-state index contributed by atoms with van der Waals surface area (Å²) < 4.78 is 5.41. The highest BCUT2D eigenvalue weighted by Crippen LogP contribution is 2.19. The molecule has 1 rings (SSSR count). The molecule has 0 amide bonds. The van der Waals surface area contributed by atoms with Crippen molar-refractivity contribution in [2.45, 2.75) is 31.7 Å². The lowest BCUT2D eigenvalue weighted by molar-refractivity contribution is -0.146. The molecule has 4 nitrogen and oxygen atoms in total. The molecule has 0 radical (unpaired) electrons. The van der Waals surface area contributed by atoms with Gasteiger partial charge in [0, 0.05) is 6.61 Å². The van der Waals surface area contributed by atoms with Crippen LogP contribution in [-0.4, -0.2) is 24.3 Å². The van der Waals surface area contributed by atoms with Crippen LogP contribution >= 0.6 is 0 Å². The maximum absolute atomic E-state index is 11.3. The molecule has 0 heterocycles. The summed E-state index contributed by atoms with van der Waals surface area (Å²) in [4.78, 5) is 11.3. The van der Waals surface area contributed by atoms with Gasteiger partial charge in [0.2, 0.25) is 0 Å². The molecular formula is C14H21NO3. The second kappa shape index (κ2) is 7.13. The van der Waals surface area contributed by atoms with Crippen LogP contribution in [0.25, 0.3) is 0 Å². The van der Waals surface area contributed by atoms with Crippen LogP contribution in [0.15, 0.2) is 30.3 Å². The summed E-state index contributed by atoms with van der Waals surface area (Å²) in [5.74, 6) is -1.07. The van der Waals surface area contributed by atoms with Crippen molar-refractivity contribution < 1.29 is 14.6 Å². The molecule has 0 aliphatic carbocycles. The lowest BCUT2D eigenvalue weighted by Gasteiger charge is -2.25. The summed E-state index contributed by atoms with van der Waals surface area (Å²) in [5, 5.41) is 9.28. The van der Waals surface area contributed by atoms with Gasteiger partial charge in [-0.3, -0.25) is 0 Å². The van der Waals surface area contributed by atoms with Crippen LogP contribution in [-0.2, 0) is 15.1 Å². The minimum atomic E-state index is -1.46. The lowest BCUT2D eigenvalue weighted by Crippen LogP contribution is -2.49. The van der Waals surface area contributed by atoms with Gasteiger partial charge in [-0.1, -0.05) is 50.1 Å². The van der Waals surface area contributed by atoms with Gasteiger partial charge >= 0.3 is 5.97 Å². The Balaban J connectivity index is 2.62. The standard InChI is InChI=1S/C14H21NO3/c1-2-3-7-10-18-11-14(15,13(16)17)12-8-5-4-6-9-12/h4-6,8-9H,2-3,7,10-11,15H2,1H3,(H,16,17). The first kappa shape index (κ1) is 14.7. The number of carbonyl (C=O) groups is 1. The first-order valence-corrected chi connectivity index (χ1v) is 6.27. The van der Waals surface area contributed by atoms with E-state index in [-0.39, 0.29) is 6.61 Å². The molecule has 1 aromatic carbocycles. The van der Waals surface area contributed by atoms with Crippen molar-refractivity contribution in [2.24, 2.45) is 5.73 Å². The summed E-state index contributed by atoms with van der Waals surface area (Å²) >= 11 is 0. The Morgan fingerprint density at radius 3 is 2.56 bits per heavy atom. The molecule has 0 saturated heterocycles. The van der Waals surface area contributed by atoms with Gasteiger partial charge in [-0.15, -0.1) is 0 Å². The van der Waals surface area contributed by atoms with Gasteiger partial charge in [0.25, 0.3) is 0 Å². The summed E-state index contributed by atoms with van der Waals surface area (Å²) in [6.07, 6.45) is 3.12. The third-order valence-electron chi connectivity index (χ3n) is 2.89. The van der Waals surface area contributed by atoms with Crippen LogP contribution in [0.5, 0.6) is 0 Å². The highest BCUT2D eigenvalue weighted by atomic mass is 16.5. The average molecular weight is 251 g/mol. The molecule has 1 aromatic rings. The minimum absolute atomic E-state index is 0.00391. The Labute approximate surface area is 108 Å². The third-order valence-corrected chi connectivity index (χ3v) is 2.89. The molecule has 0 aliphatic rings. The number of nitrogens with two attached hydrogens (primary N) is 1. The zero-order valence-electron chi connectivity index (χ0n) is 10.8. The molecular weight excluding hydrogens is 230 g/mol. The Hall–Kier alpha value is -1.39. The normalized spacial score (nSPS) is 14.1. The molecule has 100 valence electrons.